The van der Waals surface area contributed by atoms with Gasteiger partial charge in [0, 0.05) is 33.6 Å². The Bertz CT molecular complexity index is 1300. The molecule has 2 heterocycles. The highest BCUT2D eigenvalue weighted by atomic mass is 35.5. The first-order valence-electron chi connectivity index (χ1n) is 8.21. The summed E-state index contributed by atoms with van der Waals surface area (Å²) in [6, 6.07) is 10.9. The Hall–Kier alpha value is -2.79. The number of aromatic nitrogens is 3. The van der Waals surface area contributed by atoms with Gasteiger partial charge in [-0.15, -0.1) is 10.2 Å². The number of nitrogens with zero attached hydrogens (tertiary/aromatic N) is 4. The number of fused-ring (bicyclic) bond motifs is 1. The largest absolute Gasteiger partial charge is 0.296 e. The van der Waals surface area contributed by atoms with Gasteiger partial charge >= 0.3 is 0 Å². The van der Waals surface area contributed by atoms with Gasteiger partial charge < -0.3 is 0 Å². The van der Waals surface area contributed by atoms with Crippen LogP contribution in [0.5, 0.6) is 0 Å². The third-order valence-corrected chi connectivity index (χ3v) is 6.41. The molecule has 12 heteroatoms. The summed E-state index contributed by atoms with van der Waals surface area (Å²) in [6.07, 6.45) is 1.68. The van der Waals surface area contributed by atoms with Crippen molar-refractivity contribution in [2.45, 2.75) is 9.24 Å². The van der Waals surface area contributed by atoms with Crippen molar-refractivity contribution in [2.24, 2.45) is 0 Å². The molecule has 0 aliphatic heterocycles. The van der Waals surface area contributed by atoms with Crippen LogP contribution in [0.4, 0.5) is 10.8 Å². The van der Waals surface area contributed by atoms with Gasteiger partial charge in [-0.3, -0.25) is 25.2 Å². The molecule has 0 spiro atoms. The number of amides is 1. The molecule has 0 atom stereocenters. The van der Waals surface area contributed by atoms with Crippen LogP contribution in [-0.4, -0.2) is 26.0 Å². The number of hydrogen-bond donors (Lipinski definition) is 1. The monoisotopic (exact) mass is 477 g/mol. The zero-order valence-electron chi connectivity index (χ0n) is 14.7. The third-order valence-electron chi connectivity index (χ3n) is 3.90. The van der Waals surface area contributed by atoms with Crippen molar-refractivity contribution >= 4 is 73.9 Å². The molecule has 8 nitrogen and oxygen atoms in total. The minimum Gasteiger partial charge on any atom is -0.296 e. The zero-order valence-corrected chi connectivity index (χ0v) is 17.8. The Morgan fingerprint density at radius 1 is 1.13 bits per heavy atom. The van der Waals surface area contributed by atoms with Crippen LogP contribution in [0.3, 0.4) is 0 Å². The van der Waals surface area contributed by atoms with Crippen LogP contribution in [0.1, 0.15) is 10.4 Å². The van der Waals surface area contributed by atoms with Gasteiger partial charge in [0.15, 0.2) is 4.34 Å². The average molecular weight is 478 g/mol. The first-order valence-corrected chi connectivity index (χ1v) is 10.6. The molecular formula is C18H9Cl2N5O3S2. The number of non-ortho nitro benzene ring substituents is 1. The predicted molar refractivity (Wildman–Crippen MR) is 117 cm³/mol. The van der Waals surface area contributed by atoms with E-state index in [1.165, 1.54) is 35.2 Å². The summed E-state index contributed by atoms with van der Waals surface area (Å²) in [5.74, 6) is -0.536. The van der Waals surface area contributed by atoms with E-state index in [1.807, 2.05) is 12.1 Å². The Morgan fingerprint density at radius 3 is 2.73 bits per heavy atom. The van der Waals surface area contributed by atoms with E-state index in [0.29, 0.717) is 9.36 Å². The molecule has 0 saturated carbocycles. The number of hydrogen-bond acceptors (Lipinski definition) is 8. The standard InChI is InChI=1S/C18H9Cl2N5O3S2/c19-9-1-3-12-14(7-9)21-6-5-15(12)29-18-24-23-17(30-18)22-16(26)11-4-2-10(25(27)28)8-13(11)20/h1-8H,(H,22,23,26). The van der Waals surface area contributed by atoms with Gasteiger partial charge in [0.2, 0.25) is 5.13 Å². The Balaban J connectivity index is 1.51. The highest BCUT2D eigenvalue weighted by Gasteiger charge is 2.17. The van der Waals surface area contributed by atoms with Crippen LogP contribution in [0.2, 0.25) is 10.0 Å². The lowest BCUT2D eigenvalue weighted by Gasteiger charge is -2.04. The first kappa shape index (κ1) is 20.5. The highest BCUT2D eigenvalue weighted by Crippen LogP contribution is 2.36. The minimum atomic E-state index is -0.585. The van der Waals surface area contributed by atoms with Gasteiger partial charge in [-0.2, -0.15) is 0 Å². The zero-order chi connectivity index (χ0) is 21.3. The SMILES string of the molecule is O=C(Nc1nnc(Sc2ccnc3cc(Cl)ccc23)s1)c1ccc([N+](=O)[O-])cc1Cl. The summed E-state index contributed by atoms with van der Waals surface area (Å²) in [6.45, 7) is 0. The predicted octanol–water partition coefficient (Wildman–Crippen LogP) is 5.70. The molecule has 0 unspecified atom stereocenters. The summed E-state index contributed by atoms with van der Waals surface area (Å²) in [4.78, 5) is 27.9. The van der Waals surface area contributed by atoms with Crippen molar-refractivity contribution in [1.82, 2.24) is 15.2 Å². The fourth-order valence-corrected chi connectivity index (χ4v) is 4.80. The number of carbonyl (C=O) groups excluding carboxylic acids is 1. The molecule has 0 radical (unpaired) electrons. The Labute approximate surface area is 187 Å². The van der Waals surface area contributed by atoms with E-state index in [-0.39, 0.29) is 21.4 Å². The molecule has 150 valence electrons. The van der Waals surface area contributed by atoms with E-state index < -0.39 is 10.8 Å². The molecular weight excluding hydrogens is 469 g/mol. The van der Waals surface area contributed by atoms with Gasteiger partial charge in [0.25, 0.3) is 11.6 Å². The van der Waals surface area contributed by atoms with E-state index in [9.17, 15) is 14.9 Å². The molecule has 2 aromatic carbocycles. The summed E-state index contributed by atoms with van der Waals surface area (Å²) >= 11 is 14.6. The number of pyridine rings is 1. The maximum Gasteiger partial charge on any atom is 0.270 e. The van der Waals surface area contributed by atoms with E-state index in [4.69, 9.17) is 23.2 Å². The molecule has 1 amide bonds. The van der Waals surface area contributed by atoms with Gasteiger partial charge in [-0.05, 0) is 24.3 Å². The van der Waals surface area contributed by atoms with E-state index in [1.54, 1.807) is 18.3 Å². The summed E-state index contributed by atoms with van der Waals surface area (Å²) < 4.78 is 0.613. The second-order valence-electron chi connectivity index (χ2n) is 5.82. The van der Waals surface area contributed by atoms with Crippen LogP contribution >= 0.6 is 46.3 Å². The molecule has 0 saturated heterocycles. The number of carbonyl (C=O) groups is 1. The second kappa shape index (κ2) is 8.52. The Morgan fingerprint density at radius 2 is 1.97 bits per heavy atom. The molecule has 1 N–H and O–H groups in total. The summed E-state index contributed by atoms with van der Waals surface area (Å²) in [5.41, 5.74) is 0.666. The van der Waals surface area contributed by atoms with E-state index in [2.05, 4.69) is 20.5 Å². The topological polar surface area (TPSA) is 111 Å². The van der Waals surface area contributed by atoms with Crippen LogP contribution in [0.15, 0.2) is 57.9 Å². The number of halogens is 2. The first-order chi connectivity index (χ1) is 14.4. The molecule has 0 bridgehead atoms. The lowest BCUT2D eigenvalue weighted by molar-refractivity contribution is -0.384. The third kappa shape index (κ3) is 4.36. The molecule has 30 heavy (non-hydrogen) atoms. The minimum absolute atomic E-state index is 0.0253. The molecule has 2 aromatic heterocycles. The number of rotatable bonds is 5. The Kier molecular flexibility index (Phi) is 5.82. The number of nitrogens with one attached hydrogen (secondary N) is 1. The van der Waals surface area contributed by atoms with E-state index in [0.717, 1.165) is 21.9 Å². The van der Waals surface area contributed by atoms with Crippen molar-refractivity contribution in [3.05, 3.63) is 74.4 Å². The van der Waals surface area contributed by atoms with Crippen molar-refractivity contribution in [1.29, 1.82) is 0 Å². The summed E-state index contributed by atoms with van der Waals surface area (Å²) in [7, 11) is 0. The molecule has 0 fully saturated rings. The lowest BCUT2D eigenvalue weighted by atomic mass is 10.2. The maximum absolute atomic E-state index is 12.4. The lowest BCUT2D eigenvalue weighted by Crippen LogP contribution is -2.12. The summed E-state index contributed by atoms with van der Waals surface area (Å²) in [5, 5.41) is 23.2. The van der Waals surface area contributed by atoms with Crippen molar-refractivity contribution < 1.29 is 9.72 Å². The normalized spacial score (nSPS) is 10.9. The number of anilines is 1. The van der Waals surface area contributed by atoms with Crippen molar-refractivity contribution in [3.8, 4) is 0 Å². The fraction of sp³-hybridized carbons (Fsp3) is 0. The number of nitro benzene ring substituents is 1. The van der Waals surface area contributed by atoms with Gasteiger partial charge in [0.05, 0.1) is 21.0 Å². The quantitative estimate of drug-likeness (QED) is 0.222. The molecule has 0 aliphatic carbocycles. The van der Waals surface area contributed by atoms with Gasteiger partial charge in [-0.25, -0.2) is 0 Å². The van der Waals surface area contributed by atoms with Crippen molar-refractivity contribution in [3.63, 3.8) is 0 Å². The fourth-order valence-electron chi connectivity index (χ4n) is 2.55. The molecule has 4 aromatic rings. The second-order valence-corrected chi connectivity index (χ2v) is 8.93. The average Bonchev–Trinajstić information content (AvgIpc) is 3.14. The van der Waals surface area contributed by atoms with Gasteiger partial charge in [0.1, 0.15) is 0 Å². The molecule has 0 aliphatic rings. The van der Waals surface area contributed by atoms with Crippen LogP contribution < -0.4 is 5.32 Å². The highest BCUT2D eigenvalue weighted by molar-refractivity contribution is 8.01. The number of benzene rings is 2. The van der Waals surface area contributed by atoms with E-state index >= 15 is 0 Å². The van der Waals surface area contributed by atoms with Crippen LogP contribution in [0.25, 0.3) is 10.9 Å². The maximum atomic E-state index is 12.4. The van der Waals surface area contributed by atoms with Crippen molar-refractivity contribution in [2.75, 3.05) is 5.32 Å². The molecule has 4 rings (SSSR count). The van der Waals surface area contributed by atoms with Crippen LogP contribution in [0, 0.1) is 10.1 Å². The smallest absolute Gasteiger partial charge is 0.270 e. The van der Waals surface area contributed by atoms with Crippen LogP contribution in [-0.2, 0) is 0 Å². The van der Waals surface area contributed by atoms with Gasteiger partial charge in [-0.1, -0.05) is 52.4 Å². The number of nitro groups is 1.